The zero-order chi connectivity index (χ0) is 18.0. The lowest BCUT2D eigenvalue weighted by Gasteiger charge is -2.09. The third kappa shape index (κ3) is 3.71. The van der Waals surface area contributed by atoms with Crippen LogP contribution < -0.4 is 0 Å². The highest BCUT2D eigenvalue weighted by Gasteiger charge is 2.22. The summed E-state index contributed by atoms with van der Waals surface area (Å²) in [4.78, 5) is 12.0. The van der Waals surface area contributed by atoms with Gasteiger partial charge in [-0.15, -0.1) is 10.2 Å². The monoisotopic (exact) mass is 344 g/mol. The van der Waals surface area contributed by atoms with Crippen LogP contribution in [0.15, 0.2) is 46.9 Å². The molecule has 3 aromatic rings. The van der Waals surface area contributed by atoms with Gasteiger partial charge in [0.25, 0.3) is 5.89 Å². The fourth-order valence-electron chi connectivity index (χ4n) is 2.14. The van der Waals surface area contributed by atoms with Crippen LogP contribution >= 0.6 is 0 Å². The Morgan fingerprint density at radius 2 is 1.84 bits per heavy atom. The third-order valence-electron chi connectivity index (χ3n) is 3.52. The molecule has 0 bridgehead atoms. The Morgan fingerprint density at radius 3 is 2.52 bits per heavy atom. The topological polar surface area (TPSA) is 65.2 Å². The Labute approximate surface area is 142 Å². The van der Waals surface area contributed by atoms with Gasteiger partial charge >= 0.3 is 5.97 Å². The molecule has 0 saturated heterocycles. The molecule has 0 N–H and O–H groups in total. The van der Waals surface area contributed by atoms with Gasteiger partial charge in [-0.1, -0.05) is 17.7 Å². The molecule has 5 nitrogen and oxygen atoms in total. The van der Waals surface area contributed by atoms with Crippen LogP contribution in [0.4, 0.5) is 8.78 Å². The van der Waals surface area contributed by atoms with E-state index in [1.54, 1.807) is 0 Å². The summed E-state index contributed by atoms with van der Waals surface area (Å²) in [5, 5.41) is 7.77. The van der Waals surface area contributed by atoms with Crippen molar-refractivity contribution in [3.63, 3.8) is 0 Å². The number of hydrogen-bond acceptors (Lipinski definition) is 5. The van der Waals surface area contributed by atoms with Gasteiger partial charge in [0.1, 0.15) is 11.6 Å². The van der Waals surface area contributed by atoms with Gasteiger partial charge < -0.3 is 9.15 Å². The first-order valence-corrected chi connectivity index (χ1v) is 7.50. The van der Waals surface area contributed by atoms with E-state index in [1.165, 1.54) is 6.92 Å². The number of rotatable bonds is 4. The molecule has 1 aromatic heterocycles. The number of halogens is 2. The summed E-state index contributed by atoms with van der Waals surface area (Å²) in [5.41, 5.74) is 1.45. The van der Waals surface area contributed by atoms with E-state index in [4.69, 9.17) is 9.15 Å². The number of nitrogens with zero attached hydrogens (tertiary/aromatic N) is 2. The van der Waals surface area contributed by atoms with Crippen LogP contribution in [0, 0.1) is 18.6 Å². The molecule has 0 unspecified atom stereocenters. The minimum Gasteiger partial charge on any atom is -0.449 e. The van der Waals surface area contributed by atoms with Crippen molar-refractivity contribution in [3.05, 3.63) is 71.1 Å². The van der Waals surface area contributed by atoms with E-state index in [0.717, 1.165) is 23.3 Å². The Kier molecular flexibility index (Phi) is 4.56. The first-order valence-electron chi connectivity index (χ1n) is 7.50. The molecule has 0 radical (unpaired) electrons. The predicted octanol–water partition coefficient (Wildman–Crippen LogP) is 4.24. The molecular formula is C18H14F2N2O3. The van der Waals surface area contributed by atoms with Gasteiger partial charge in [0.05, 0.1) is 5.56 Å². The minimum absolute atomic E-state index is 0.0754. The third-order valence-corrected chi connectivity index (χ3v) is 3.52. The van der Waals surface area contributed by atoms with Crippen molar-refractivity contribution in [1.82, 2.24) is 10.2 Å². The van der Waals surface area contributed by atoms with Gasteiger partial charge in [-0.2, -0.15) is 0 Å². The summed E-state index contributed by atoms with van der Waals surface area (Å²) in [7, 11) is 0. The molecule has 0 aliphatic rings. The molecule has 0 saturated carbocycles. The summed E-state index contributed by atoms with van der Waals surface area (Å²) in [5.74, 6) is -2.36. The fraction of sp³-hybridized carbons (Fsp3) is 0.167. The quantitative estimate of drug-likeness (QED) is 0.662. The molecule has 0 aliphatic heterocycles. The van der Waals surface area contributed by atoms with Crippen molar-refractivity contribution in [1.29, 1.82) is 0 Å². The molecule has 3 rings (SSSR count). The van der Waals surface area contributed by atoms with Crippen molar-refractivity contribution < 1.29 is 22.7 Å². The standard InChI is InChI=1S/C18H14F2N2O3/c1-10-3-5-12(6-4-10)17-22-21-16(25-17)11(2)24-18(23)14-8-7-13(19)9-15(14)20/h3-9,11H,1-2H3/t11-/m1/s1. The largest absolute Gasteiger partial charge is 0.449 e. The predicted molar refractivity (Wildman–Crippen MR) is 84.7 cm³/mol. The Bertz CT molecular complexity index is 907. The Morgan fingerprint density at radius 1 is 1.12 bits per heavy atom. The number of aromatic nitrogens is 2. The van der Waals surface area contributed by atoms with Gasteiger partial charge in [0.2, 0.25) is 5.89 Å². The number of benzene rings is 2. The Balaban J connectivity index is 1.74. The zero-order valence-electron chi connectivity index (χ0n) is 13.5. The van der Waals surface area contributed by atoms with E-state index in [-0.39, 0.29) is 17.3 Å². The maximum atomic E-state index is 13.6. The van der Waals surface area contributed by atoms with Crippen molar-refractivity contribution in [3.8, 4) is 11.5 Å². The van der Waals surface area contributed by atoms with E-state index in [0.29, 0.717) is 6.07 Å². The summed E-state index contributed by atoms with van der Waals surface area (Å²) < 4.78 is 37.1. The van der Waals surface area contributed by atoms with Gasteiger partial charge in [-0.25, -0.2) is 13.6 Å². The Hall–Kier alpha value is -3.09. The number of carbonyl (C=O) groups is 1. The maximum absolute atomic E-state index is 13.6. The van der Waals surface area contributed by atoms with Crippen LogP contribution in [0.1, 0.15) is 34.8 Å². The zero-order valence-corrected chi connectivity index (χ0v) is 13.5. The molecule has 128 valence electrons. The average molecular weight is 344 g/mol. The normalized spacial score (nSPS) is 12.0. The van der Waals surface area contributed by atoms with Gasteiger partial charge in [0.15, 0.2) is 6.10 Å². The van der Waals surface area contributed by atoms with Crippen molar-refractivity contribution >= 4 is 5.97 Å². The van der Waals surface area contributed by atoms with Crippen molar-refractivity contribution in [2.45, 2.75) is 20.0 Å². The van der Waals surface area contributed by atoms with Gasteiger partial charge in [-0.05, 0) is 38.1 Å². The smallest absolute Gasteiger partial charge is 0.341 e. The molecule has 1 heterocycles. The van der Waals surface area contributed by atoms with Crippen LogP contribution in [0.5, 0.6) is 0 Å². The molecule has 7 heteroatoms. The second kappa shape index (κ2) is 6.80. The summed E-state index contributed by atoms with van der Waals surface area (Å²) in [6.45, 7) is 3.48. The molecule has 0 aliphatic carbocycles. The molecule has 2 aromatic carbocycles. The van der Waals surface area contributed by atoms with Gasteiger partial charge in [-0.3, -0.25) is 0 Å². The van der Waals surface area contributed by atoms with Crippen LogP contribution in [0.2, 0.25) is 0 Å². The number of hydrogen-bond donors (Lipinski definition) is 0. The van der Waals surface area contributed by atoms with Crippen molar-refractivity contribution in [2.75, 3.05) is 0 Å². The van der Waals surface area contributed by atoms with E-state index >= 15 is 0 Å². The minimum atomic E-state index is -0.997. The van der Waals surface area contributed by atoms with E-state index < -0.39 is 23.7 Å². The number of aryl methyl sites for hydroxylation is 1. The second-order valence-electron chi connectivity index (χ2n) is 5.48. The number of ether oxygens (including phenoxy) is 1. The fourth-order valence-corrected chi connectivity index (χ4v) is 2.14. The van der Waals surface area contributed by atoms with Crippen LogP contribution in [-0.4, -0.2) is 16.2 Å². The molecular weight excluding hydrogens is 330 g/mol. The van der Waals surface area contributed by atoms with E-state index in [9.17, 15) is 13.6 Å². The second-order valence-corrected chi connectivity index (χ2v) is 5.48. The molecule has 0 fully saturated rings. The lowest BCUT2D eigenvalue weighted by molar-refractivity contribution is 0.0274. The molecule has 25 heavy (non-hydrogen) atoms. The van der Waals surface area contributed by atoms with Crippen LogP contribution in [-0.2, 0) is 4.74 Å². The molecule has 1 atom stereocenters. The number of esters is 1. The first-order chi connectivity index (χ1) is 11.9. The summed E-state index contributed by atoms with van der Waals surface area (Å²) >= 11 is 0. The summed E-state index contributed by atoms with van der Waals surface area (Å²) in [6, 6.07) is 10.1. The SMILES string of the molecule is Cc1ccc(-c2nnc([C@@H](C)OC(=O)c3ccc(F)cc3F)o2)cc1. The number of carbonyl (C=O) groups excluding carboxylic acids is 1. The summed E-state index contributed by atoms with van der Waals surface area (Å²) in [6.07, 6.45) is -0.886. The molecule has 0 spiro atoms. The highest BCUT2D eigenvalue weighted by molar-refractivity contribution is 5.89. The highest BCUT2D eigenvalue weighted by Crippen LogP contribution is 2.24. The molecule has 0 amide bonds. The van der Waals surface area contributed by atoms with E-state index in [1.807, 2.05) is 31.2 Å². The van der Waals surface area contributed by atoms with Crippen LogP contribution in [0.25, 0.3) is 11.5 Å². The lowest BCUT2D eigenvalue weighted by atomic mass is 10.1. The lowest BCUT2D eigenvalue weighted by Crippen LogP contribution is -2.11. The van der Waals surface area contributed by atoms with E-state index in [2.05, 4.69) is 10.2 Å². The highest BCUT2D eigenvalue weighted by atomic mass is 19.1. The first kappa shape index (κ1) is 16.8. The van der Waals surface area contributed by atoms with Gasteiger partial charge in [0, 0.05) is 11.6 Å². The van der Waals surface area contributed by atoms with Crippen LogP contribution in [0.3, 0.4) is 0 Å². The average Bonchev–Trinajstić information content (AvgIpc) is 3.05. The van der Waals surface area contributed by atoms with Crippen molar-refractivity contribution in [2.24, 2.45) is 0 Å². The maximum Gasteiger partial charge on any atom is 0.341 e.